The zero-order valence-corrected chi connectivity index (χ0v) is 11.7. The van der Waals surface area contributed by atoms with E-state index in [1.807, 2.05) is 31.2 Å². The molecule has 1 aliphatic carbocycles. The highest BCUT2D eigenvalue weighted by Gasteiger charge is 2.43. The fourth-order valence-electron chi connectivity index (χ4n) is 2.68. The molecule has 104 valence electrons. The van der Waals surface area contributed by atoms with Crippen molar-refractivity contribution in [2.45, 2.75) is 31.8 Å². The van der Waals surface area contributed by atoms with E-state index in [9.17, 15) is 4.79 Å². The van der Waals surface area contributed by atoms with Gasteiger partial charge in [-0.15, -0.1) is 0 Å². The van der Waals surface area contributed by atoms with E-state index in [2.05, 4.69) is 23.5 Å². The third-order valence-electron chi connectivity index (χ3n) is 4.23. The van der Waals surface area contributed by atoms with E-state index in [0.717, 1.165) is 18.4 Å². The monoisotopic (exact) mass is 268 g/mol. The predicted molar refractivity (Wildman–Crippen MR) is 81.1 cm³/mol. The summed E-state index contributed by atoms with van der Waals surface area (Å²) in [5.74, 6) is 0.294. The van der Waals surface area contributed by atoms with Gasteiger partial charge < -0.3 is 11.1 Å². The summed E-state index contributed by atoms with van der Waals surface area (Å²) in [7, 11) is 0. The SMILES string of the molecule is CC(N)(C(=O)NCc1cccc2ccccc12)C1CC1. The lowest BCUT2D eigenvalue weighted by atomic mass is 9.96. The molecule has 0 aromatic heterocycles. The molecule has 1 atom stereocenters. The van der Waals surface area contributed by atoms with Crippen molar-refractivity contribution in [2.24, 2.45) is 11.7 Å². The zero-order chi connectivity index (χ0) is 14.2. The molecule has 0 bridgehead atoms. The van der Waals surface area contributed by atoms with Crippen molar-refractivity contribution >= 4 is 16.7 Å². The normalized spacial score (nSPS) is 17.7. The second-order valence-corrected chi connectivity index (χ2v) is 5.88. The van der Waals surface area contributed by atoms with Gasteiger partial charge >= 0.3 is 0 Å². The summed E-state index contributed by atoms with van der Waals surface area (Å²) < 4.78 is 0. The van der Waals surface area contributed by atoms with Gasteiger partial charge in [-0.1, -0.05) is 42.5 Å². The van der Waals surface area contributed by atoms with Gasteiger partial charge in [-0.25, -0.2) is 0 Å². The van der Waals surface area contributed by atoms with Crippen LogP contribution in [0.2, 0.25) is 0 Å². The predicted octanol–water partition coefficient (Wildman–Crippen LogP) is 2.58. The van der Waals surface area contributed by atoms with Gasteiger partial charge in [-0.3, -0.25) is 4.79 Å². The highest BCUT2D eigenvalue weighted by atomic mass is 16.2. The minimum atomic E-state index is -0.732. The Morgan fingerprint density at radius 2 is 1.95 bits per heavy atom. The molecule has 3 heteroatoms. The number of carbonyl (C=O) groups excluding carboxylic acids is 1. The van der Waals surface area contributed by atoms with E-state index in [4.69, 9.17) is 5.73 Å². The van der Waals surface area contributed by atoms with Crippen LogP contribution in [0.3, 0.4) is 0 Å². The Kier molecular flexibility index (Phi) is 3.22. The smallest absolute Gasteiger partial charge is 0.240 e. The molecule has 20 heavy (non-hydrogen) atoms. The topological polar surface area (TPSA) is 55.1 Å². The second kappa shape index (κ2) is 4.91. The molecule has 1 fully saturated rings. The first kappa shape index (κ1) is 13.1. The number of carbonyl (C=O) groups is 1. The van der Waals surface area contributed by atoms with Gasteiger partial charge in [0.1, 0.15) is 0 Å². The zero-order valence-electron chi connectivity index (χ0n) is 11.7. The molecule has 1 unspecified atom stereocenters. The number of nitrogens with one attached hydrogen (secondary N) is 1. The summed E-state index contributed by atoms with van der Waals surface area (Å²) in [6.07, 6.45) is 2.13. The number of nitrogens with two attached hydrogens (primary N) is 1. The molecule has 1 aliphatic rings. The number of benzene rings is 2. The van der Waals surface area contributed by atoms with E-state index >= 15 is 0 Å². The van der Waals surface area contributed by atoms with Crippen LogP contribution >= 0.6 is 0 Å². The van der Waals surface area contributed by atoms with Crippen LogP contribution in [0.5, 0.6) is 0 Å². The van der Waals surface area contributed by atoms with Gasteiger partial charge in [0.2, 0.25) is 5.91 Å². The minimum absolute atomic E-state index is 0.0482. The van der Waals surface area contributed by atoms with Crippen molar-refractivity contribution in [3.63, 3.8) is 0 Å². The van der Waals surface area contributed by atoms with Crippen LogP contribution in [-0.2, 0) is 11.3 Å². The second-order valence-electron chi connectivity index (χ2n) is 5.88. The summed E-state index contributed by atoms with van der Waals surface area (Å²) in [5.41, 5.74) is 6.53. The Morgan fingerprint density at radius 1 is 1.25 bits per heavy atom. The van der Waals surface area contributed by atoms with Crippen molar-refractivity contribution in [3.05, 3.63) is 48.0 Å². The largest absolute Gasteiger partial charge is 0.350 e. The molecule has 0 saturated heterocycles. The highest BCUT2D eigenvalue weighted by Crippen LogP contribution is 2.38. The van der Waals surface area contributed by atoms with Crippen LogP contribution in [0.4, 0.5) is 0 Å². The van der Waals surface area contributed by atoms with E-state index in [0.29, 0.717) is 12.5 Å². The molecule has 3 N–H and O–H groups in total. The van der Waals surface area contributed by atoms with Crippen molar-refractivity contribution in [1.82, 2.24) is 5.32 Å². The number of rotatable bonds is 4. The van der Waals surface area contributed by atoms with Gasteiger partial charge in [0, 0.05) is 6.54 Å². The van der Waals surface area contributed by atoms with Crippen molar-refractivity contribution < 1.29 is 4.79 Å². The van der Waals surface area contributed by atoms with Crippen molar-refractivity contribution in [3.8, 4) is 0 Å². The lowest BCUT2D eigenvalue weighted by molar-refractivity contribution is -0.126. The first-order valence-corrected chi connectivity index (χ1v) is 7.13. The highest BCUT2D eigenvalue weighted by molar-refractivity contribution is 5.88. The molecule has 2 aromatic rings. The Morgan fingerprint density at radius 3 is 2.70 bits per heavy atom. The number of amides is 1. The first-order valence-electron chi connectivity index (χ1n) is 7.13. The van der Waals surface area contributed by atoms with Gasteiger partial charge in [-0.2, -0.15) is 0 Å². The van der Waals surface area contributed by atoms with Crippen LogP contribution < -0.4 is 11.1 Å². The summed E-state index contributed by atoms with van der Waals surface area (Å²) in [4.78, 5) is 12.2. The van der Waals surface area contributed by atoms with Crippen LogP contribution in [0, 0.1) is 5.92 Å². The maximum atomic E-state index is 12.2. The average Bonchev–Trinajstić information content (AvgIpc) is 3.29. The van der Waals surface area contributed by atoms with Crippen molar-refractivity contribution in [1.29, 1.82) is 0 Å². The summed E-state index contributed by atoms with van der Waals surface area (Å²) >= 11 is 0. The maximum absolute atomic E-state index is 12.2. The Labute approximate surface area is 119 Å². The number of hydrogen-bond acceptors (Lipinski definition) is 2. The molecule has 0 heterocycles. The van der Waals surface area contributed by atoms with E-state index in [1.54, 1.807) is 0 Å². The Bertz CT molecular complexity index is 639. The molecule has 0 aliphatic heterocycles. The lowest BCUT2D eigenvalue weighted by Gasteiger charge is -2.23. The Hall–Kier alpha value is -1.87. The molecule has 3 rings (SSSR count). The third-order valence-corrected chi connectivity index (χ3v) is 4.23. The summed E-state index contributed by atoms with van der Waals surface area (Å²) in [6, 6.07) is 14.4. The minimum Gasteiger partial charge on any atom is -0.350 e. The molecule has 2 aromatic carbocycles. The average molecular weight is 268 g/mol. The van der Waals surface area contributed by atoms with Gasteiger partial charge in [0.25, 0.3) is 0 Å². The maximum Gasteiger partial charge on any atom is 0.240 e. The third kappa shape index (κ3) is 2.41. The van der Waals surface area contributed by atoms with Crippen LogP contribution in [-0.4, -0.2) is 11.4 Å². The number of hydrogen-bond donors (Lipinski definition) is 2. The molecule has 0 spiro atoms. The van der Waals surface area contributed by atoms with Crippen LogP contribution in [0.1, 0.15) is 25.3 Å². The quantitative estimate of drug-likeness (QED) is 0.895. The van der Waals surface area contributed by atoms with E-state index in [1.165, 1.54) is 10.8 Å². The molecule has 1 amide bonds. The molecular weight excluding hydrogens is 248 g/mol. The Balaban J connectivity index is 1.75. The number of fused-ring (bicyclic) bond motifs is 1. The van der Waals surface area contributed by atoms with Gasteiger partial charge in [0.15, 0.2) is 0 Å². The molecule has 0 radical (unpaired) electrons. The van der Waals surface area contributed by atoms with Crippen LogP contribution in [0.15, 0.2) is 42.5 Å². The molecular formula is C17H20N2O. The van der Waals surface area contributed by atoms with E-state index in [-0.39, 0.29) is 5.91 Å². The molecule has 1 saturated carbocycles. The first-order chi connectivity index (χ1) is 9.59. The molecule has 3 nitrogen and oxygen atoms in total. The summed E-state index contributed by atoms with van der Waals surface area (Å²) in [6.45, 7) is 2.36. The van der Waals surface area contributed by atoms with Gasteiger partial charge in [-0.05, 0) is 42.0 Å². The van der Waals surface area contributed by atoms with Gasteiger partial charge in [0.05, 0.1) is 5.54 Å². The van der Waals surface area contributed by atoms with Crippen LogP contribution in [0.25, 0.3) is 10.8 Å². The fourth-order valence-corrected chi connectivity index (χ4v) is 2.68. The summed E-state index contributed by atoms with van der Waals surface area (Å²) in [5, 5.41) is 5.36. The van der Waals surface area contributed by atoms with E-state index < -0.39 is 5.54 Å². The van der Waals surface area contributed by atoms with Crippen molar-refractivity contribution in [2.75, 3.05) is 0 Å². The fraction of sp³-hybridized carbons (Fsp3) is 0.353. The standard InChI is InChI=1S/C17H20N2O/c1-17(18,14-9-10-14)16(20)19-11-13-7-4-6-12-5-2-3-8-15(12)13/h2-8,14H,9-11,18H2,1H3,(H,19,20). The lowest BCUT2D eigenvalue weighted by Crippen LogP contribution is -2.53.